The summed E-state index contributed by atoms with van der Waals surface area (Å²) in [6, 6.07) is -0.111. The monoisotopic (exact) mass is 297 g/mol. The van der Waals surface area contributed by atoms with Gasteiger partial charge in [-0.2, -0.15) is 0 Å². The number of carbonyl (C=O) groups excluding carboxylic acids is 2. The summed E-state index contributed by atoms with van der Waals surface area (Å²) in [5.41, 5.74) is -1.35. The average molecular weight is 297 g/mol. The summed E-state index contributed by atoms with van der Waals surface area (Å²) < 4.78 is 11.3. The Hall–Kier alpha value is -1.10. The van der Waals surface area contributed by atoms with E-state index in [1.54, 1.807) is 4.90 Å². The molecule has 0 bridgehead atoms. The van der Waals surface area contributed by atoms with Crippen molar-refractivity contribution in [3.05, 3.63) is 0 Å². The van der Waals surface area contributed by atoms with E-state index in [-0.39, 0.29) is 29.4 Å². The van der Waals surface area contributed by atoms with Crippen LogP contribution in [0.1, 0.15) is 48.5 Å². The highest BCUT2D eigenvalue weighted by atomic mass is 16.6. The molecule has 120 valence electrons. The highest BCUT2D eigenvalue weighted by molar-refractivity contribution is 5.71. The van der Waals surface area contributed by atoms with Crippen LogP contribution in [0.15, 0.2) is 0 Å². The SMILES string of the molecule is CC(C)(C)OC(=O)N1[C@H]([C@H]2[C@@H](C=O)C2(C)C)COC1(C)C. The molecule has 2 rings (SSSR count). The zero-order valence-electron chi connectivity index (χ0n) is 14.1. The van der Waals surface area contributed by atoms with Crippen LogP contribution >= 0.6 is 0 Å². The molecule has 0 aromatic carbocycles. The van der Waals surface area contributed by atoms with Crippen LogP contribution in [-0.4, -0.2) is 41.3 Å². The van der Waals surface area contributed by atoms with Gasteiger partial charge < -0.3 is 14.3 Å². The fourth-order valence-corrected chi connectivity index (χ4v) is 3.48. The molecular weight excluding hydrogens is 270 g/mol. The van der Waals surface area contributed by atoms with E-state index >= 15 is 0 Å². The first-order valence-corrected chi connectivity index (χ1v) is 7.53. The average Bonchev–Trinajstić information content (AvgIpc) is 2.66. The van der Waals surface area contributed by atoms with Crippen molar-refractivity contribution in [2.75, 3.05) is 6.61 Å². The maximum Gasteiger partial charge on any atom is 0.412 e. The number of rotatable bonds is 2. The van der Waals surface area contributed by atoms with Crippen LogP contribution in [0.3, 0.4) is 0 Å². The highest BCUT2D eigenvalue weighted by Gasteiger charge is 2.65. The zero-order valence-corrected chi connectivity index (χ0v) is 14.1. The minimum Gasteiger partial charge on any atom is -0.444 e. The van der Waals surface area contributed by atoms with Gasteiger partial charge in [0, 0.05) is 5.92 Å². The third-order valence-electron chi connectivity index (χ3n) is 4.67. The third-order valence-corrected chi connectivity index (χ3v) is 4.67. The quantitative estimate of drug-likeness (QED) is 0.735. The molecule has 0 unspecified atom stereocenters. The van der Waals surface area contributed by atoms with Crippen LogP contribution in [0.2, 0.25) is 0 Å². The zero-order chi connectivity index (χ0) is 16.2. The molecule has 2 aliphatic rings. The van der Waals surface area contributed by atoms with E-state index in [1.165, 1.54) is 0 Å². The van der Waals surface area contributed by atoms with Gasteiger partial charge in [-0.3, -0.25) is 4.90 Å². The molecule has 2 fully saturated rings. The minimum atomic E-state index is -0.709. The van der Waals surface area contributed by atoms with E-state index in [9.17, 15) is 9.59 Å². The van der Waals surface area contributed by atoms with Crippen LogP contribution in [0.4, 0.5) is 4.79 Å². The second kappa shape index (κ2) is 4.70. The normalized spacial score (nSPS) is 33.7. The Labute approximate surface area is 127 Å². The largest absolute Gasteiger partial charge is 0.444 e. The fraction of sp³-hybridized carbons (Fsp3) is 0.875. The standard InChI is InChI=1S/C16H27NO4/c1-14(2,3)21-13(19)17-11(9-20-16(17,6)7)12-10(8-18)15(12,4)5/h8,10-12H,9H2,1-7H3/t10-,11+,12-/m1/s1. The Balaban J connectivity index is 2.23. The number of aldehydes is 1. The molecule has 0 spiro atoms. The minimum absolute atomic E-state index is 0.0232. The van der Waals surface area contributed by atoms with Gasteiger partial charge in [-0.25, -0.2) is 4.79 Å². The predicted octanol–water partition coefficient (Wildman–Crippen LogP) is 2.83. The van der Waals surface area contributed by atoms with Gasteiger partial charge in [0.05, 0.1) is 12.6 Å². The second-order valence-corrected chi connectivity index (χ2v) is 8.18. The summed E-state index contributed by atoms with van der Waals surface area (Å²) in [5, 5.41) is 0. The molecule has 1 aliphatic carbocycles. The van der Waals surface area contributed by atoms with Crippen LogP contribution in [0.5, 0.6) is 0 Å². The number of ether oxygens (including phenoxy) is 2. The molecule has 1 saturated carbocycles. The van der Waals surface area contributed by atoms with Crippen LogP contribution in [0.25, 0.3) is 0 Å². The van der Waals surface area contributed by atoms with E-state index in [4.69, 9.17) is 9.47 Å². The van der Waals surface area contributed by atoms with Gasteiger partial charge in [0.25, 0.3) is 0 Å². The van der Waals surface area contributed by atoms with Gasteiger partial charge in [0.1, 0.15) is 17.6 Å². The molecule has 3 atom stereocenters. The van der Waals surface area contributed by atoms with E-state index in [0.29, 0.717) is 6.61 Å². The van der Waals surface area contributed by atoms with Gasteiger partial charge in [0.15, 0.2) is 0 Å². The van der Waals surface area contributed by atoms with E-state index in [1.807, 2.05) is 34.6 Å². The van der Waals surface area contributed by atoms with Gasteiger partial charge in [-0.1, -0.05) is 13.8 Å². The summed E-state index contributed by atoms with van der Waals surface area (Å²) in [6.45, 7) is 13.8. The van der Waals surface area contributed by atoms with Crippen molar-refractivity contribution in [2.45, 2.75) is 65.8 Å². The molecule has 0 N–H and O–H groups in total. The lowest BCUT2D eigenvalue weighted by atomic mass is 10.0. The van der Waals surface area contributed by atoms with Gasteiger partial charge in [-0.05, 0) is 46.0 Å². The van der Waals surface area contributed by atoms with Crippen LogP contribution in [-0.2, 0) is 14.3 Å². The Morgan fingerprint density at radius 1 is 1.29 bits per heavy atom. The molecule has 0 aromatic heterocycles. The topological polar surface area (TPSA) is 55.8 Å². The van der Waals surface area contributed by atoms with Crippen molar-refractivity contribution in [3.8, 4) is 0 Å². The number of hydrogen-bond acceptors (Lipinski definition) is 4. The van der Waals surface area contributed by atoms with Crippen molar-refractivity contribution < 1.29 is 19.1 Å². The number of nitrogens with zero attached hydrogens (tertiary/aromatic N) is 1. The Kier molecular flexibility index (Phi) is 3.64. The molecule has 5 heteroatoms. The van der Waals surface area contributed by atoms with Gasteiger partial charge >= 0.3 is 6.09 Å². The van der Waals surface area contributed by atoms with Crippen molar-refractivity contribution in [1.29, 1.82) is 0 Å². The fourth-order valence-electron chi connectivity index (χ4n) is 3.48. The molecule has 1 saturated heterocycles. The summed E-state index contributed by atoms with van der Waals surface area (Å²) in [7, 11) is 0. The number of amides is 1. The first-order chi connectivity index (χ1) is 9.42. The van der Waals surface area contributed by atoms with Crippen molar-refractivity contribution >= 4 is 12.4 Å². The van der Waals surface area contributed by atoms with Gasteiger partial charge in [-0.15, -0.1) is 0 Å². The summed E-state index contributed by atoms with van der Waals surface area (Å²) in [5.74, 6) is 0.106. The van der Waals surface area contributed by atoms with E-state index < -0.39 is 11.3 Å². The van der Waals surface area contributed by atoms with Crippen LogP contribution < -0.4 is 0 Å². The van der Waals surface area contributed by atoms with Crippen molar-refractivity contribution in [3.63, 3.8) is 0 Å². The molecule has 0 radical (unpaired) electrons. The molecule has 0 aromatic rings. The number of hydrogen-bond donors (Lipinski definition) is 0. The number of carbonyl (C=O) groups is 2. The second-order valence-electron chi connectivity index (χ2n) is 8.18. The molecule has 5 nitrogen and oxygen atoms in total. The first-order valence-electron chi connectivity index (χ1n) is 7.53. The maximum absolute atomic E-state index is 12.6. The maximum atomic E-state index is 12.6. The molecule has 1 heterocycles. The van der Waals surface area contributed by atoms with Crippen molar-refractivity contribution in [1.82, 2.24) is 4.90 Å². The van der Waals surface area contributed by atoms with E-state index in [2.05, 4.69) is 13.8 Å². The third kappa shape index (κ3) is 2.80. The molecule has 21 heavy (non-hydrogen) atoms. The lowest BCUT2D eigenvalue weighted by molar-refractivity contribution is -0.109. The van der Waals surface area contributed by atoms with Crippen molar-refractivity contribution in [2.24, 2.45) is 17.3 Å². The predicted molar refractivity (Wildman–Crippen MR) is 78.7 cm³/mol. The smallest absolute Gasteiger partial charge is 0.412 e. The highest BCUT2D eigenvalue weighted by Crippen LogP contribution is 2.61. The first kappa shape index (κ1) is 16.3. The lowest BCUT2D eigenvalue weighted by Gasteiger charge is -2.35. The summed E-state index contributed by atoms with van der Waals surface area (Å²) in [4.78, 5) is 25.5. The van der Waals surface area contributed by atoms with E-state index in [0.717, 1.165) is 6.29 Å². The Morgan fingerprint density at radius 3 is 2.29 bits per heavy atom. The van der Waals surface area contributed by atoms with Gasteiger partial charge in [0.2, 0.25) is 0 Å². The molecule has 1 aliphatic heterocycles. The molecular formula is C16H27NO4. The lowest BCUT2D eigenvalue weighted by Crippen LogP contribution is -2.51. The van der Waals surface area contributed by atoms with Crippen LogP contribution in [0, 0.1) is 17.3 Å². The summed E-state index contributed by atoms with van der Waals surface area (Å²) in [6.07, 6.45) is 0.630. The molecule has 1 amide bonds. The Bertz CT molecular complexity index is 450. The summed E-state index contributed by atoms with van der Waals surface area (Å²) >= 11 is 0. The Morgan fingerprint density at radius 2 is 1.86 bits per heavy atom.